The minimum absolute atomic E-state index is 0.325. The van der Waals surface area contributed by atoms with E-state index in [-0.39, 0.29) is 0 Å². The van der Waals surface area contributed by atoms with Crippen LogP contribution >= 0.6 is 11.6 Å². The molecule has 1 atom stereocenters. The predicted octanol–water partition coefficient (Wildman–Crippen LogP) is 2.63. The second kappa shape index (κ2) is 6.80. The van der Waals surface area contributed by atoms with Crippen LogP contribution in [-0.4, -0.2) is 23.9 Å². The first-order chi connectivity index (χ1) is 10.0. The molecule has 2 rings (SSSR count). The van der Waals surface area contributed by atoms with Crippen molar-refractivity contribution in [3.63, 3.8) is 0 Å². The van der Waals surface area contributed by atoms with E-state index in [2.05, 4.69) is 5.53 Å². The number of hydroxylamine groups is 1. The van der Waals surface area contributed by atoms with Crippen LogP contribution in [0.1, 0.15) is 20.8 Å². The van der Waals surface area contributed by atoms with E-state index in [4.69, 9.17) is 21.2 Å². The van der Waals surface area contributed by atoms with Crippen molar-refractivity contribution in [2.45, 2.75) is 26.9 Å². The first kappa shape index (κ1) is 15.6. The van der Waals surface area contributed by atoms with Gasteiger partial charge >= 0.3 is 5.97 Å². The van der Waals surface area contributed by atoms with Crippen molar-refractivity contribution in [3.8, 4) is 0 Å². The Kier molecular flexibility index (Phi) is 5.06. The molecule has 0 saturated carbocycles. The molecule has 0 radical (unpaired) electrons. The number of hydrazine groups is 2. The smallest absolute Gasteiger partial charge is 0.337 e. The fourth-order valence-electron chi connectivity index (χ4n) is 1.81. The Labute approximate surface area is 128 Å². The van der Waals surface area contributed by atoms with Gasteiger partial charge in [0, 0.05) is 5.02 Å². The van der Waals surface area contributed by atoms with E-state index < -0.39 is 12.1 Å². The van der Waals surface area contributed by atoms with Crippen LogP contribution in [0, 0.1) is 0 Å². The lowest BCUT2D eigenvalue weighted by atomic mass is 10.3. The average molecular weight is 312 g/mol. The van der Waals surface area contributed by atoms with Crippen molar-refractivity contribution < 1.29 is 14.4 Å². The lowest BCUT2D eigenvalue weighted by Crippen LogP contribution is -2.43. The summed E-state index contributed by atoms with van der Waals surface area (Å²) in [5, 5.41) is 3.86. The van der Waals surface area contributed by atoms with Gasteiger partial charge in [-0.05, 0) is 45.0 Å². The molecule has 1 heterocycles. The summed E-state index contributed by atoms with van der Waals surface area (Å²) in [5.74, 6) is -0.407. The summed E-state index contributed by atoms with van der Waals surface area (Å²) < 4.78 is 4.90. The highest BCUT2D eigenvalue weighted by atomic mass is 35.5. The molecule has 1 aliphatic rings. The summed E-state index contributed by atoms with van der Waals surface area (Å²) in [6.07, 6.45) is 1.04. The third-order valence-corrected chi connectivity index (χ3v) is 3.08. The molecule has 21 heavy (non-hydrogen) atoms. The van der Waals surface area contributed by atoms with E-state index in [1.54, 1.807) is 32.2 Å². The molecule has 114 valence electrons. The van der Waals surface area contributed by atoms with E-state index in [0.717, 1.165) is 11.4 Å². The Morgan fingerprint density at radius 3 is 2.67 bits per heavy atom. The van der Waals surface area contributed by atoms with Crippen LogP contribution in [0.5, 0.6) is 0 Å². The normalized spacial score (nSPS) is 15.9. The SMILES string of the molecule is CCOC(=O)C(C)ON1C=C(C)N(c2ccc(Cl)cc2)N1. The zero-order chi connectivity index (χ0) is 15.4. The van der Waals surface area contributed by atoms with E-state index in [1.807, 2.05) is 24.1 Å². The number of nitrogens with zero attached hydrogens (tertiary/aromatic N) is 2. The molecular weight excluding hydrogens is 294 g/mol. The lowest BCUT2D eigenvalue weighted by Gasteiger charge is -2.24. The summed E-state index contributed by atoms with van der Waals surface area (Å²) in [6.45, 7) is 5.63. The summed E-state index contributed by atoms with van der Waals surface area (Å²) >= 11 is 5.88. The fourth-order valence-corrected chi connectivity index (χ4v) is 1.94. The summed E-state index contributed by atoms with van der Waals surface area (Å²) in [4.78, 5) is 17.0. The molecule has 1 unspecified atom stereocenters. The molecule has 0 bridgehead atoms. The summed E-state index contributed by atoms with van der Waals surface area (Å²) in [7, 11) is 0. The van der Waals surface area contributed by atoms with E-state index in [1.165, 1.54) is 5.17 Å². The number of hydrogen-bond donors (Lipinski definition) is 1. The number of esters is 1. The number of allylic oxidation sites excluding steroid dienone is 1. The van der Waals surface area contributed by atoms with Crippen LogP contribution in [0.3, 0.4) is 0 Å². The summed E-state index contributed by atoms with van der Waals surface area (Å²) in [5.41, 5.74) is 4.82. The molecule has 7 heteroatoms. The van der Waals surface area contributed by atoms with Gasteiger partial charge < -0.3 is 4.74 Å². The quantitative estimate of drug-likeness (QED) is 0.844. The van der Waals surface area contributed by atoms with Gasteiger partial charge in [-0.3, -0.25) is 5.01 Å². The van der Waals surface area contributed by atoms with Gasteiger partial charge in [0.25, 0.3) is 0 Å². The van der Waals surface area contributed by atoms with Gasteiger partial charge in [-0.15, -0.1) is 5.53 Å². The van der Waals surface area contributed by atoms with Gasteiger partial charge in [-0.2, -0.15) is 5.17 Å². The number of carbonyl (C=O) groups is 1. The van der Waals surface area contributed by atoms with Crippen LogP contribution in [-0.2, 0) is 14.4 Å². The van der Waals surface area contributed by atoms with Crippen LogP contribution in [0.25, 0.3) is 0 Å². The molecule has 1 N–H and O–H groups in total. The Morgan fingerprint density at radius 1 is 1.38 bits per heavy atom. The van der Waals surface area contributed by atoms with Crippen molar-refractivity contribution in [1.29, 1.82) is 0 Å². The van der Waals surface area contributed by atoms with Gasteiger partial charge in [0.15, 0.2) is 6.10 Å². The minimum Gasteiger partial charge on any atom is -0.464 e. The van der Waals surface area contributed by atoms with Gasteiger partial charge in [0.05, 0.1) is 24.2 Å². The van der Waals surface area contributed by atoms with Gasteiger partial charge in [-0.1, -0.05) is 11.6 Å². The van der Waals surface area contributed by atoms with Crippen LogP contribution in [0.2, 0.25) is 5.02 Å². The number of hydrogen-bond acceptors (Lipinski definition) is 6. The summed E-state index contributed by atoms with van der Waals surface area (Å²) in [6, 6.07) is 7.36. The highest BCUT2D eigenvalue weighted by Gasteiger charge is 2.24. The number of anilines is 1. The van der Waals surface area contributed by atoms with E-state index >= 15 is 0 Å². The first-order valence-electron chi connectivity index (χ1n) is 6.64. The molecule has 0 aliphatic carbocycles. The number of rotatable bonds is 5. The fraction of sp³-hybridized carbons (Fsp3) is 0.357. The third kappa shape index (κ3) is 3.87. The second-order valence-electron chi connectivity index (χ2n) is 4.51. The molecule has 1 aromatic rings. The van der Waals surface area contributed by atoms with Gasteiger partial charge in [0.1, 0.15) is 0 Å². The molecular formula is C14H18ClN3O3. The van der Waals surface area contributed by atoms with E-state index in [9.17, 15) is 4.79 Å². The number of benzene rings is 1. The topological polar surface area (TPSA) is 54.0 Å². The number of ether oxygens (including phenoxy) is 1. The van der Waals surface area contributed by atoms with Crippen LogP contribution in [0.15, 0.2) is 36.2 Å². The molecule has 1 aliphatic heterocycles. The first-order valence-corrected chi connectivity index (χ1v) is 7.02. The van der Waals surface area contributed by atoms with E-state index in [0.29, 0.717) is 11.6 Å². The second-order valence-corrected chi connectivity index (χ2v) is 4.94. The lowest BCUT2D eigenvalue weighted by molar-refractivity contribution is -0.205. The molecule has 0 amide bonds. The highest BCUT2D eigenvalue weighted by molar-refractivity contribution is 6.30. The predicted molar refractivity (Wildman–Crippen MR) is 79.8 cm³/mol. The molecule has 1 aromatic carbocycles. The third-order valence-electron chi connectivity index (χ3n) is 2.83. The van der Waals surface area contributed by atoms with Crippen molar-refractivity contribution in [2.24, 2.45) is 0 Å². The molecule has 0 fully saturated rings. The maximum atomic E-state index is 11.6. The monoisotopic (exact) mass is 311 g/mol. The maximum absolute atomic E-state index is 11.6. The van der Waals surface area contributed by atoms with Crippen molar-refractivity contribution in [1.82, 2.24) is 10.7 Å². The van der Waals surface area contributed by atoms with Gasteiger partial charge in [0.2, 0.25) is 0 Å². The van der Waals surface area contributed by atoms with Crippen molar-refractivity contribution in [3.05, 3.63) is 41.2 Å². The Morgan fingerprint density at radius 2 is 2.05 bits per heavy atom. The maximum Gasteiger partial charge on any atom is 0.337 e. The van der Waals surface area contributed by atoms with Crippen LogP contribution in [0.4, 0.5) is 5.69 Å². The van der Waals surface area contributed by atoms with Crippen molar-refractivity contribution in [2.75, 3.05) is 11.6 Å². The highest BCUT2D eigenvalue weighted by Crippen LogP contribution is 2.23. The minimum atomic E-state index is -0.702. The zero-order valence-electron chi connectivity index (χ0n) is 12.2. The zero-order valence-corrected chi connectivity index (χ0v) is 12.9. The van der Waals surface area contributed by atoms with Crippen LogP contribution < -0.4 is 10.5 Å². The number of carbonyl (C=O) groups excluding carboxylic acids is 1. The molecule has 0 spiro atoms. The molecule has 6 nitrogen and oxygen atoms in total. The standard InChI is InChI=1S/C14H18ClN3O3/c1-4-20-14(19)11(3)21-17-9-10(2)18(16-17)13-7-5-12(15)6-8-13/h5-9,11,16H,4H2,1-3H3. The molecule has 0 aromatic heterocycles. The van der Waals surface area contributed by atoms with Crippen molar-refractivity contribution >= 4 is 23.3 Å². The Bertz CT molecular complexity index is 533. The Balaban J connectivity index is 1.98. The average Bonchev–Trinajstić information content (AvgIpc) is 2.80. The number of halogens is 1. The Hall–Kier alpha value is -1.76. The molecule has 0 saturated heterocycles. The number of nitrogens with one attached hydrogen (secondary N) is 1. The van der Waals surface area contributed by atoms with Gasteiger partial charge in [-0.25, -0.2) is 9.63 Å². The largest absolute Gasteiger partial charge is 0.464 e.